The average molecular weight is 412 g/mol. The third-order valence-electron chi connectivity index (χ3n) is 6.54. The molecule has 1 heterocycles. The highest BCUT2D eigenvalue weighted by molar-refractivity contribution is 5.73. The van der Waals surface area contributed by atoms with Gasteiger partial charge in [-0.2, -0.15) is 0 Å². The first-order valence-corrected chi connectivity index (χ1v) is 11.0. The monoisotopic (exact) mass is 411 g/mol. The molecule has 1 aliphatic rings. The molecule has 2 atom stereocenters. The second-order valence-electron chi connectivity index (χ2n) is 9.04. The van der Waals surface area contributed by atoms with Gasteiger partial charge in [-0.05, 0) is 43.7 Å². The highest BCUT2D eigenvalue weighted by atomic mass is 19.1. The van der Waals surface area contributed by atoms with Crippen LogP contribution in [-0.4, -0.2) is 30.1 Å². The predicted octanol–water partition coefficient (Wildman–Crippen LogP) is 5.65. The van der Waals surface area contributed by atoms with Gasteiger partial charge in [-0.1, -0.05) is 61.9 Å². The summed E-state index contributed by atoms with van der Waals surface area (Å²) in [6.07, 6.45) is 2.93. The number of carbonyl (C=O) groups excluding carboxylic acids is 1. The second kappa shape index (κ2) is 9.74. The Hall–Kier alpha value is -2.20. The van der Waals surface area contributed by atoms with Crippen LogP contribution in [-0.2, 0) is 21.5 Å². The molecule has 0 radical (unpaired) electrons. The summed E-state index contributed by atoms with van der Waals surface area (Å²) in [5.74, 6) is 0.158. The van der Waals surface area contributed by atoms with Crippen LogP contribution in [0.5, 0.6) is 0 Å². The molecule has 0 spiro atoms. The first-order valence-electron chi connectivity index (χ1n) is 11.0. The SMILES string of the molecule is CC(=O)N(CCC1(c2ccc(C)cc2)CCOC(C(C)C)C1)Cc1ccccc1F. The van der Waals surface area contributed by atoms with E-state index >= 15 is 0 Å². The molecule has 0 saturated carbocycles. The molecular formula is C26H34FNO2. The maximum atomic E-state index is 14.2. The lowest BCUT2D eigenvalue weighted by Gasteiger charge is -2.44. The molecule has 1 aliphatic heterocycles. The van der Waals surface area contributed by atoms with Gasteiger partial charge < -0.3 is 9.64 Å². The zero-order chi connectivity index (χ0) is 21.7. The van der Waals surface area contributed by atoms with Gasteiger partial charge in [-0.25, -0.2) is 4.39 Å². The standard InChI is InChI=1S/C26H34FNO2/c1-19(2)25-17-26(14-16-30-25,23-11-9-20(3)10-12-23)13-15-28(21(4)29)18-22-7-5-6-8-24(22)27/h5-12,19,25H,13-18H2,1-4H3. The molecule has 0 aromatic heterocycles. The molecule has 30 heavy (non-hydrogen) atoms. The van der Waals surface area contributed by atoms with Gasteiger partial charge in [-0.15, -0.1) is 0 Å². The lowest BCUT2D eigenvalue weighted by atomic mass is 9.68. The van der Waals surface area contributed by atoms with Crippen molar-refractivity contribution in [3.05, 3.63) is 71.0 Å². The van der Waals surface area contributed by atoms with Crippen LogP contribution in [0.25, 0.3) is 0 Å². The Morgan fingerprint density at radius 1 is 1.20 bits per heavy atom. The molecule has 3 nitrogen and oxygen atoms in total. The van der Waals surface area contributed by atoms with E-state index in [-0.39, 0.29) is 23.2 Å². The summed E-state index contributed by atoms with van der Waals surface area (Å²) in [5, 5.41) is 0. The van der Waals surface area contributed by atoms with E-state index in [1.807, 2.05) is 6.07 Å². The number of halogens is 1. The van der Waals surface area contributed by atoms with Crippen molar-refractivity contribution >= 4 is 5.91 Å². The number of ether oxygens (including phenoxy) is 1. The topological polar surface area (TPSA) is 29.5 Å². The van der Waals surface area contributed by atoms with Crippen LogP contribution >= 0.6 is 0 Å². The first-order chi connectivity index (χ1) is 14.3. The molecule has 3 rings (SSSR count). The third kappa shape index (κ3) is 5.28. The van der Waals surface area contributed by atoms with Crippen molar-refractivity contribution in [2.24, 2.45) is 5.92 Å². The van der Waals surface area contributed by atoms with Gasteiger partial charge in [0.2, 0.25) is 5.91 Å². The molecule has 0 N–H and O–H groups in total. The Morgan fingerprint density at radius 3 is 2.53 bits per heavy atom. The summed E-state index contributed by atoms with van der Waals surface area (Å²) >= 11 is 0. The summed E-state index contributed by atoms with van der Waals surface area (Å²) in [6, 6.07) is 15.5. The predicted molar refractivity (Wildman–Crippen MR) is 119 cm³/mol. The van der Waals surface area contributed by atoms with Crippen molar-refractivity contribution in [1.82, 2.24) is 4.90 Å². The van der Waals surface area contributed by atoms with Gasteiger partial charge in [0.05, 0.1) is 6.10 Å². The Balaban J connectivity index is 1.83. The minimum absolute atomic E-state index is 0.0234. The fourth-order valence-corrected chi connectivity index (χ4v) is 4.45. The van der Waals surface area contributed by atoms with Crippen molar-refractivity contribution in [2.75, 3.05) is 13.2 Å². The van der Waals surface area contributed by atoms with Gasteiger partial charge in [-0.3, -0.25) is 4.79 Å². The van der Waals surface area contributed by atoms with Gasteiger partial charge >= 0.3 is 0 Å². The lowest BCUT2D eigenvalue weighted by molar-refractivity contribution is -0.130. The molecule has 1 saturated heterocycles. The van der Waals surface area contributed by atoms with E-state index in [1.54, 1.807) is 24.0 Å². The molecule has 0 aliphatic carbocycles. The number of aryl methyl sites for hydroxylation is 1. The molecule has 2 aromatic carbocycles. The summed E-state index contributed by atoms with van der Waals surface area (Å²) in [7, 11) is 0. The van der Waals surface area contributed by atoms with Crippen molar-refractivity contribution in [1.29, 1.82) is 0 Å². The molecule has 4 heteroatoms. The molecule has 1 fully saturated rings. The van der Waals surface area contributed by atoms with Crippen LogP contribution in [0.2, 0.25) is 0 Å². The average Bonchev–Trinajstić information content (AvgIpc) is 2.72. The van der Waals surface area contributed by atoms with E-state index in [0.717, 1.165) is 25.9 Å². The molecule has 162 valence electrons. The zero-order valence-electron chi connectivity index (χ0n) is 18.7. The summed E-state index contributed by atoms with van der Waals surface area (Å²) < 4.78 is 20.2. The van der Waals surface area contributed by atoms with Crippen molar-refractivity contribution in [3.8, 4) is 0 Å². The zero-order valence-corrected chi connectivity index (χ0v) is 18.7. The van der Waals surface area contributed by atoms with E-state index in [0.29, 0.717) is 24.6 Å². The van der Waals surface area contributed by atoms with E-state index < -0.39 is 0 Å². The van der Waals surface area contributed by atoms with Gasteiger partial charge in [0.15, 0.2) is 0 Å². The van der Waals surface area contributed by atoms with Crippen LogP contribution in [0.1, 0.15) is 56.7 Å². The minimum Gasteiger partial charge on any atom is -0.378 e. The van der Waals surface area contributed by atoms with E-state index in [2.05, 4.69) is 45.0 Å². The number of hydrogen-bond acceptors (Lipinski definition) is 2. The van der Waals surface area contributed by atoms with E-state index in [4.69, 9.17) is 4.74 Å². The number of nitrogens with zero attached hydrogens (tertiary/aromatic N) is 1. The smallest absolute Gasteiger partial charge is 0.219 e. The summed E-state index contributed by atoms with van der Waals surface area (Å²) in [4.78, 5) is 14.1. The van der Waals surface area contributed by atoms with Gasteiger partial charge in [0.1, 0.15) is 5.82 Å². The van der Waals surface area contributed by atoms with Crippen LogP contribution < -0.4 is 0 Å². The third-order valence-corrected chi connectivity index (χ3v) is 6.54. The Labute approximate surface area is 180 Å². The van der Waals surface area contributed by atoms with Crippen molar-refractivity contribution in [2.45, 2.75) is 65.0 Å². The minimum atomic E-state index is -0.261. The highest BCUT2D eigenvalue weighted by Crippen LogP contribution is 2.42. The number of amides is 1. The summed E-state index contributed by atoms with van der Waals surface area (Å²) in [5.41, 5.74) is 3.08. The van der Waals surface area contributed by atoms with Gasteiger partial charge in [0, 0.05) is 37.6 Å². The highest BCUT2D eigenvalue weighted by Gasteiger charge is 2.39. The fraction of sp³-hybridized carbons (Fsp3) is 0.500. The van der Waals surface area contributed by atoms with Crippen LogP contribution in [0.3, 0.4) is 0 Å². The van der Waals surface area contributed by atoms with Crippen LogP contribution in [0.4, 0.5) is 4.39 Å². The Morgan fingerprint density at radius 2 is 1.90 bits per heavy atom. The first kappa shape index (κ1) is 22.5. The maximum Gasteiger partial charge on any atom is 0.219 e. The number of benzene rings is 2. The number of rotatable bonds is 7. The second-order valence-corrected chi connectivity index (χ2v) is 9.04. The molecule has 1 amide bonds. The molecule has 0 bridgehead atoms. The fourth-order valence-electron chi connectivity index (χ4n) is 4.45. The summed E-state index contributed by atoms with van der Waals surface area (Å²) in [6.45, 7) is 9.71. The number of hydrogen-bond donors (Lipinski definition) is 0. The van der Waals surface area contributed by atoms with Crippen LogP contribution in [0, 0.1) is 18.7 Å². The molecule has 2 aromatic rings. The Kier molecular flexibility index (Phi) is 7.30. The molecular weight excluding hydrogens is 377 g/mol. The lowest BCUT2D eigenvalue weighted by Crippen LogP contribution is -2.43. The van der Waals surface area contributed by atoms with E-state index in [9.17, 15) is 9.18 Å². The Bertz CT molecular complexity index is 848. The largest absolute Gasteiger partial charge is 0.378 e. The molecule has 2 unspecified atom stereocenters. The van der Waals surface area contributed by atoms with E-state index in [1.165, 1.54) is 17.2 Å². The quantitative estimate of drug-likeness (QED) is 0.590. The van der Waals surface area contributed by atoms with Gasteiger partial charge in [0.25, 0.3) is 0 Å². The van der Waals surface area contributed by atoms with Crippen molar-refractivity contribution in [3.63, 3.8) is 0 Å². The normalized spacial score (nSPS) is 21.6. The van der Waals surface area contributed by atoms with Crippen molar-refractivity contribution < 1.29 is 13.9 Å². The maximum absolute atomic E-state index is 14.2. The van der Waals surface area contributed by atoms with Crippen LogP contribution in [0.15, 0.2) is 48.5 Å². The number of carbonyl (C=O) groups is 1.